The van der Waals surface area contributed by atoms with Crippen molar-refractivity contribution in [3.63, 3.8) is 0 Å². The van der Waals surface area contributed by atoms with E-state index in [-0.39, 0.29) is 23.5 Å². The maximum Gasteiger partial charge on any atom is 0.419 e. The highest BCUT2D eigenvalue weighted by Gasteiger charge is 2.35. The van der Waals surface area contributed by atoms with Crippen LogP contribution in [0.3, 0.4) is 0 Å². The summed E-state index contributed by atoms with van der Waals surface area (Å²) in [5.74, 6) is -2.84. The fourth-order valence-corrected chi connectivity index (χ4v) is 2.02. The summed E-state index contributed by atoms with van der Waals surface area (Å²) >= 11 is 0. The summed E-state index contributed by atoms with van der Waals surface area (Å²) in [6.45, 7) is 0.146. The molecule has 0 fully saturated rings. The molecule has 1 aromatic rings. The molecule has 0 radical (unpaired) electrons. The van der Waals surface area contributed by atoms with Crippen molar-refractivity contribution in [2.24, 2.45) is 0 Å². The highest BCUT2D eigenvalue weighted by atomic mass is 19.4. The molecule has 0 aliphatic carbocycles. The van der Waals surface area contributed by atoms with Crippen LogP contribution in [0.4, 0.5) is 17.6 Å². The Labute approximate surface area is 111 Å². The lowest BCUT2D eigenvalue weighted by Crippen LogP contribution is -2.09. The highest BCUT2D eigenvalue weighted by molar-refractivity contribution is 5.91. The van der Waals surface area contributed by atoms with Gasteiger partial charge in [-0.2, -0.15) is 13.2 Å². The summed E-state index contributed by atoms with van der Waals surface area (Å²) < 4.78 is 56.6. The Morgan fingerprint density at radius 3 is 2.65 bits per heavy atom. The summed E-state index contributed by atoms with van der Waals surface area (Å²) in [4.78, 5) is 10.7. The van der Waals surface area contributed by atoms with Crippen LogP contribution >= 0.6 is 0 Å². The Hall–Kier alpha value is -2.05. The standard InChI is InChI=1S/C13H10F4O3/c14-10-5-8-7(4-12(18)19)2-1-3-20-11(8)6-9(10)13(15,16)17/h4-6H,1-3H2,(H,18,19)/b7-4+. The molecule has 1 N–H and O–H groups in total. The Bertz CT molecular complexity index is 576. The SMILES string of the molecule is O=C(O)/C=C1\CCCOc2cc(C(F)(F)F)c(F)cc21. The van der Waals surface area contributed by atoms with Crippen LogP contribution in [0, 0.1) is 5.82 Å². The van der Waals surface area contributed by atoms with Crippen LogP contribution in [-0.4, -0.2) is 17.7 Å². The average Bonchev–Trinajstić information content (AvgIpc) is 2.49. The molecule has 0 saturated heterocycles. The number of hydrogen-bond acceptors (Lipinski definition) is 2. The number of rotatable bonds is 1. The molecule has 1 aliphatic heterocycles. The van der Waals surface area contributed by atoms with Gasteiger partial charge in [-0.25, -0.2) is 9.18 Å². The molecule has 1 aromatic carbocycles. The van der Waals surface area contributed by atoms with Gasteiger partial charge in [0.1, 0.15) is 11.6 Å². The van der Waals surface area contributed by atoms with Crippen LogP contribution < -0.4 is 4.74 Å². The molecule has 0 unspecified atom stereocenters. The Balaban J connectivity index is 2.59. The topological polar surface area (TPSA) is 46.5 Å². The third-order valence-corrected chi connectivity index (χ3v) is 2.87. The van der Waals surface area contributed by atoms with Crippen LogP contribution in [0.25, 0.3) is 5.57 Å². The Morgan fingerprint density at radius 1 is 1.35 bits per heavy atom. The second kappa shape index (κ2) is 5.15. The van der Waals surface area contributed by atoms with E-state index in [4.69, 9.17) is 9.84 Å². The van der Waals surface area contributed by atoms with E-state index in [1.54, 1.807) is 0 Å². The van der Waals surface area contributed by atoms with Crippen LogP contribution in [0.2, 0.25) is 0 Å². The van der Waals surface area contributed by atoms with Gasteiger partial charge in [-0.15, -0.1) is 0 Å². The Kier molecular flexibility index (Phi) is 3.69. The minimum Gasteiger partial charge on any atom is -0.493 e. The average molecular weight is 290 g/mol. The van der Waals surface area contributed by atoms with Crippen LogP contribution in [0.15, 0.2) is 18.2 Å². The predicted molar refractivity (Wildman–Crippen MR) is 61.7 cm³/mol. The van der Waals surface area contributed by atoms with Crippen molar-refractivity contribution >= 4 is 11.5 Å². The molecule has 0 saturated carbocycles. The van der Waals surface area contributed by atoms with Crippen molar-refractivity contribution in [1.29, 1.82) is 0 Å². The molecule has 108 valence electrons. The second-order valence-electron chi connectivity index (χ2n) is 4.29. The van der Waals surface area contributed by atoms with Gasteiger partial charge < -0.3 is 9.84 Å². The third-order valence-electron chi connectivity index (χ3n) is 2.87. The zero-order valence-corrected chi connectivity index (χ0v) is 10.1. The molecule has 2 rings (SSSR count). The van der Waals surface area contributed by atoms with Gasteiger partial charge in [-0.05, 0) is 30.5 Å². The van der Waals surface area contributed by atoms with Crippen molar-refractivity contribution in [2.45, 2.75) is 19.0 Å². The van der Waals surface area contributed by atoms with Crippen molar-refractivity contribution in [1.82, 2.24) is 0 Å². The molecule has 7 heteroatoms. The van der Waals surface area contributed by atoms with Crippen molar-refractivity contribution in [3.05, 3.63) is 35.2 Å². The molecule has 1 heterocycles. The van der Waals surface area contributed by atoms with E-state index < -0.39 is 23.5 Å². The van der Waals surface area contributed by atoms with E-state index in [1.165, 1.54) is 0 Å². The molecule has 1 aliphatic rings. The first-order valence-corrected chi connectivity index (χ1v) is 5.76. The van der Waals surface area contributed by atoms with Gasteiger partial charge in [0, 0.05) is 11.6 Å². The number of fused-ring (bicyclic) bond motifs is 1. The van der Waals surface area contributed by atoms with Gasteiger partial charge in [0.25, 0.3) is 0 Å². The fourth-order valence-electron chi connectivity index (χ4n) is 2.02. The van der Waals surface area contributed by atoms with E-state index in [0.29, 0.717) is 25.0 Å². The van der Waals surface area contributed by atoms with Gasteiger partial charge in [-0.3, -0.25) is 0 Å². The Morgan fingerprint density at radius 2 is 2.05 bits per heavy atom. The van der Waals surface area contributed by atoms with Gasteiger partial charge >= 0.3 is 12.1 Å². The van der Waals surface area contributed by atoms with Crippen LogP contribution in [-0.2, 0) is 11.0 Å². The third kappa shape index (κ3) is 2.92. The number of ether oxygens (including phenoxy) is 1. The van der Waals surface area contributed by atoms with E-state index in [9.17, 15) is 22.4 Å². The number of halogens is 4. The molecule has 20 heavy (non-hydrogen) atoms. The molecule has 0 spiro atoms. The predicted octanol–water partition coefficient (Wildman–Crippen LogP) is 3.49. The zero-order chi connectivity index (χ0) is 14.9. The first-order valence-electron chi connectivity index (χ1n) is 5.76. The van der Waals surface area contributed by atoms with Crippen molar-refractivity contribution in [2.75, 3.05) is 6.61 Å². The molecule has 0 aromatic heterocycles. The van der Waals surface area contributed by atoms with Crippen molar-refractivity contribution < 1.29 is 32.2 Å². The lowest BCUT2D eigenvalue weighted by molar-refractivity contribution is -0.140. The quantitative estimate of drug-likeness (QED) is 0.636. The number of aliphatic carboxylic acids is 1. The van der Waals surface area contributed by atoms with Crippen LogP contribution in [0.1, 0.15) is 24.0 Å². The molecular formula is C13H10F4O3. The summed E-state index contributed by atoms with van der Waals surface area (Å²) in [5.41, 5.74) is -1.12. The van der Waals surface area contributed by atoms with E-state index in [2.05, 4.69) is 0 Å². The number of carboxylic acid groups (broad SMARTS) is 1. The molecule has 0 amide bonds. The largest absolute Gasteiger partial charge is 0.493 e. The monoisotopic (exact) mass is 290 g/mol. The number of carbonyl (C=O) groups is 1. The molecular weight excluding hydrogens is 280 g/mol. The van der Waals surface area contributed by atoms with Gasteiger partial charge in [0.2, 0.25) is 0 Å². The highest BCUT2D eigenvalue weighted by Crippen LogP contribution is 2.39. The summed E-state index contributed by atoms with van der Waals surface area (Å²) in [7, 11) is 0. The number of carboxylic acids is 1. The maximum absolute atomic E-state index is 13.6. The summed E-state index contributed by atoms with van der Waals surface area (Å²) in [6, 6.07) is 1.25. The number of alkyl halides is 3. The number of benzene rings is 1. The lowest BCUT2D eigenvalue weighted by atomic mass is 9.98. The van der Waals surface area contributed by atoms with Crippen molar-refractivity contribution in [3.8, 4) is 5.75 Å². The van der Waals surface area contributed by atoms with Gasteiger partial charge in [-0.1, -0.05) is 0 Å². The zero-order valence-electron chi connectivity index (χ0n) is 10.1. The second-order valence-corrected chi connectivity index (χ2v) is 4.29. The van der Waals surface area contributed by atoms with E-state index >= 15 is 0 Å². The molecule has 0 bridgehead atoms. The fraction of sp³-hybridized carbons (Fsp3) is 0.308. The first kappa shape index (κ1) is 14.4. The maximum atomic E-state index is 13.6. The summed E-state index contributed by atoms with van der Waals surface area (Å²) in [5, 5.41) is 8.75. The minimum atomic E-state index is -4.83. The smallest absolute Gasteiger partial charge is 0.419 e. The summed E-state index contributed by atoms with van der Waals surface area (Å²) in [6.07, 6.45) is -3.23. The van der Waals surface area contributed by atoms with Gasteiger partial charge in [0.15, 0.2) is 0 Å². The van der Waals surface area contributed by atoms with E-state index in [0.717, 1.165) is 6.08 Å². The van der Waals surface area contributed by atoms with Gasteiger partial charge in [0.05, 0.1) is 12.2 Å². The number of allylic oxidation sites excluding steroid dienone is 1. The van der Waals surface area contributed by atoms with E-state index in [1.807, 2.05) is 0 Å². The normalized spacial score (nSPS) is 17.3. The molecule has 0 atom stereocenters. The number of hydrogen-bond donors (Lipinski definition) is 1. The molecule has 3 nitrogen and oxygen atoms in total. The minimum absolute atomic E-state index is 0.0513. The first-order chi connectivity index (χ1) is 9.29. The van der Waals surface area contributed by atoms with Crippen LogP contribution in [0.5, 0.6) is 5.75 Å². The lowest BCUT2D eigenvalue weighted by Gasteiger charge is -2.14.